The molecule has 5 heteroatoms. The molecule has 1 aliphatic rings. The van der Waals surface area contributed by atoms with E-state index < -0.39 is 0 Å². The lowest BCUT2D eigenvalue weighted by atomic mass is 9.87. The van der Waals surface area contributed by atoms with Crippen LogP contribution < -0.4 is 15.4 Å². The maximum Gasteiger partial charge on any atom is 0.237 e. The number of hydrogen-bond donors (Lipinski definition) is 2. The van der Waals surface area contributed by atoms with Gasteiger partial charge in [-0.1, -0.05) is 32.9 Å². The molecule has 1 aliphatic heterocycles. The van der Waals surface area contributed by atoms with E-state index in [9.17, 15) is 4.79 Å². The summed E-state index contributed by atoms with van der Waals surface area (Å²) in [4.78, 5) is 11.8. The highest BCUT2D eigenvalue weighted by Crippen LogP contribution is 2.24. The third-order valence-corrected chi connectivity index (χ3v) is 3.77. The van der Waals surface area contributed by atoms with E-state index in [0.29, 0.717) is 13.2 Å². The number of hydrogen-bond acceptors (Lipinski definition) is 3. The first-order valence-electron chi connectivity index (χ1n) is 7.71. The molecule has 2 rings (SSSR count). The fourth-order valence-electron chi connectivity index (χ4n) is 2.43. The van der Waals surface area contributed by atoms with Crippen LogP contribution in [0, 0.1) is 0 Å². The standard InChI is InChI=1S/C17H26N2O2.ClH/c1-17(2,3)13-6-8-14(9-7-13)21-12-11-19-16(20)15-5-4-10-18-15;/h6-9,15,18H,4-5,10-12H2,1-3H3,(H,19,20);1H. The van der Waals surface area contributed by atoms with Gasteiger partial charge in [-0.2, -0.15) is 0 Å². The molecule has 22 heavy (non-hydrogen) atoms. The molecule has 1 saturated heterocycles. The molecule has 1 heterocycles. The van der Waals surface area contributed by atoms with Gasteiger partial charge in [-0.05, 0) is 42.5 Å². The van der Waals surface area contributed by atoms with Crippen LogP contribution >= 0.6 is 12.4 Å². The van der Waals surface area contributed by atoms with E-state index in [2.05, 4.69) is 43.5 Å². The van der Waals surface area contributed by atoms with E-state index in [4.69, 9.17) is 4.74 Å². The normalized spacial score (nSPS) is 17.7. The maximum atomic E-state index is 11.8. The number of amides is 1. The molecule has 1 unspecified atom stereocenters. The van der Waals surface area contributed by atoms with Crippen molar-refractivity contribution in [2.24, 2.45) is 0 Å². The molecule has 1 aromatic carbocycles. The van der Waals surface area contributed by atoms with Crippen molar-refractivity contribution in [3.63, 3.8) is 0 Å². The van der Waals surface area contributed by atoms with Crippen LogP contribution in [0.2, 0.25) is 0 Å². The Morgan fingerprint density at radius 3 is 2.55 bits per heavy atom. The third kappa shape index (κ3) is 5.50. The number of carbonyl (C=O) groups is 1. The SMILES string of the molecule is CC(C)(C)c1ccc(OCCNC(=O)C2CCCN2)cc1.Cl. The predicted octanol–water partition coefficient (Wildman–Crippen LogP) is 2.65. The zero-order valence-electron chi connectivity index (χ0n) is 13.6. The topological polar surface area (TPSA) is 50.4 Å². The van der Waals surface area contributed by atoms with Crippen LogP contribution in [-0.2, 0) is 10.2 Å². The summed E-state index contributed by atoms with van der Waals surface area (Å²) in [5.74, 6) is 0.926. The van der Waals surface area contributed by atoms with E-state index in [1.807, 2.05) is 12.1 Å². The summed E-state index contributed by atoms with van der Waals surface area (Å²) < 4.78 is 5.65. The second-order valence-corrected chi connectivity index (χ2v) is 6.56. The van der Waals surface area contributed by atoms with Crippen LogP contribution in [0.1, 0.15) is 39.2 Å². The maximum absolute atomic E-state index is 11.8. The molecular weight excluding hydrogens is 300 g/mol. The lowest BCUT2D eigenvalue weighted by Crippen LogP contribution is -2.41. The van der Waals surface area contributed by atoms with Crippen LogP contribution in [0.5, 0.6) is 5.75 Å². The number of nitrogens with one attached hydrogen (secondary N) is 2. The van der Waals surface area contributed by atoms with Gasteiger partial charge >= 0.3 is 0 Å². The van der Waals surface area contributed by atoms with Gasteiger partial charge in [0.05, 0.1) is 12.6 Å². The predicted molar refractivity (Wildman–Crippen MR) is 91.9 cm³/mol. The molecular formula is C17H27ClN2O2. The van der Waals surface area contributed by atoms with Crippen molar-refractivity contribution in [1.82, 2.24) is 10.6 Å². The van der Waals surface area contributed by atoms with Crippen LogP contribution in [0.25, 0.3) is 0 Å². The van der Waals surface area contributed by atoms with Gasteiger partial charge in [0.25, 0.3) is 0 Å². The van der Waals surface area contributed by atoms with Crippen molar-refractivity contribution in [2.75, 3.05) is 19.7 Å². The van der Waals surface area contributed by atoms with Gasteiger partial charge in [-0.15, -0.1) is 12.4 Å². The number of rotatable bonds is 5. The van der Waals surface area contributed by atoms with Crippen LogP contribution in [0.4, 0.5) is 0 Å². The minimum absolute atomic E-state index is 0. The summed E-state index contributed by atoms with van der Waals surface area (Å²) in [6, 6.07) is 8.14. The summed E-state index contributed by atoms with van der Waals surface area (Å²) in [6.07, 6.45) is 2.01. The summed E-state index contributed by atoms with van der Waals surface area (Å²) in [6.45, 7) is 8.54. The lowest BCUT2D eigenvalue weighted by Gasteiger charge is -2.19. The number of halogens is 1. The van der Waals surface area contributed by atoms with Crippen LogP contribution in [0.15, 0.2) is 24.3 Å². The average molecular weight is 327 g/mol. The molecule has 0 radical (unpaired) electrons. The van der Waals surface area contributed by atoms with Gasteiger partial charge in [0.2, 0.25) is 5.91 Å². The molecule has 1 amide bonds. The highest BCUT2D eigenvalue weighted by Gasteiger charge is 2.21. The van der Waals surface area contributed by atoms with E-state index in [0.717, 1.165) is 25.1 Å². The highest BCUT2D eigenvalue weighted by atomic mass is 35.5. The molecule has 1 fully saturated rings. The van der Waals surface area contributed by atoms with Gasteiger partial charge in [0.1, 0.15) is 12.4 Å². The zero-order valence-corrected chi connectivity index (χ0v) is 14.5. The van der Waals surface area contributed by atoms with Crippen LogP contribution in [-0.4, -0.2) is 31.6 Å². The van der Waals surface area contributed by atoms with Gasteiger partial charge < -0.3 is 15.4 Å². The molecule has 0 saturated carbocycles. The second-order valence-electron chi connectivity index (χ2n) is 6.56. The zero-order chi connectivity index (χ0) is 15.3. The van der Waals surface area contributed by atoms with E-state index in [1.54, 1.807) is 0 Å². The number of ether oxygens (including phenoxy) is 1. The monoisotopic (exact) mass is 326 g/mol. The third-order valence-electron chi connectivity index (χ3n) is 3.77. The summed E-state index contributed by atoms with van der Waals surface area (Å²) in [5.41, 5.74) is 1.44. The Morgan fingerprint density at radius 2 is 2.00 bits per heavy atom. The highest BCUT2D eigenvalue weighted by molar-refractivity contribution is 5.85. The van der Waals surface area contributed by atoms with Gasteiger partial charge in [-0.3, -0.25) is 4.79 Å². The first-order valence-corrected chi connectivity index (χ1v) is 7.71. The lowest BCUT2D eigenvalue weighted by molar-refractivity contribution is -0.122. The second kappa shape index (κ2) is 8.39. The van der Waals surface area contributed by atoms with E-state index >= 15 is 0 Å². The van der Waals surface area contributed by atoms with Crippen LogP contribution in [0.3, 0.4) is 0 Å². The molecule has 0 bridgehead atoms. The van der Waals surface area contributed by atoms with E-state index in [1.165, 1.54) is 5.56 Å². The molecule has 0 aromatic heterocycles. The molecule has 4 nitrogen and oxygen atoms in total. The Bertz CT molecular complexity index is 463. The Morgan fingerprint density at radius 1 is 1.32 bits per heavy atom. The smallest absolute Gasteiger partial charge is 0.237 e. The number of carbonyl (C=O) groups excluding carboxylic acids is 1. The molecule has 1 atom stereocenters. The van der Waals surface area contributed by atoms with Crippen molar-refractivity contribution in [2.45, 2.75) is 45.1 Å². The Kier molecular flexibility index (Phi) is 7.17. The first-order chi connectivity index (χ1) is 9.97. The molecule has 0 spiro atoms. The van der Waals surface area contributed by atoms with Crippen molar-refractivity contribution < 1.29 is 9.53 Å². The average Bonchev–Trinajstić information content (AvgIpc) is 2.97. The summed E-state index contributed by atoms with van der Waals surface area (Å²) in [7, 11) is 0. The number of benzene rings is 1. The quantitative estimate of drug-likeness (QED) is 0.818. The summed E-state index contributed by atoms with van der Waals surface area (Å²) >= 11 is 0. The molecule has 124 valence electrons. The Hall–Kier alpha value is -1.26. The fourth-order valence-corrected chi connectivity index (χ4v) is 2.43. The molecule has 2 N–H and O–H groups in total. The largest absolute Gasteiger partial charge is 0.492 e. The Labute approximate surface area is 139 Å². The van der Waals surface area contributed by atoms with Crippen molar-refractivity contribution >= 4 is 18.3 Å². The van der Waals surface area contributed by atoms with Crippen molar-refractivity contribution in [1.29, 1.82) is 0 Å². The first kappa shape index (κ1) is 18.8. The fraction of sp³-hybridized carbons (Fsp3) is 0.588. The summed E-state index contributed by atoms with van der Waals surface area (Å²) in [5, 5.41) is 6.09. The van der Waals surface area contributed by atoms with Crippen molar-refractivity contribution in [3.05, 3.63) is 29.8 Å². The minimum Gasteiger partial charge on any atom is -0.492 e. The van der Waals surface area contributed by atoms with Gasteiger partial charge in [0, 0.05) is 0 Å². The molecule has 0 aliphatic carbocycles. The van der Waals surface area contributed by atoms with Crippen molar-refractivity contribution in [3.8, 4) is 5.75 Å². The minimum atomic E-state index is -0.0175. The van der Waals surface area contributed by atoms with Gasteiger partial charge in [-0.25, -0.2) is 0 Å². The van der Waals surface area contributed by atoms with E-state index in [-0.39, 0.29) is 29.8 Å². The molecule has 1 aromatic rings. The van der Waals surface area contributed by atoms with Gasteiger partial charge in [0.15, 0.2) is 0 Å². The Balaban J connectivity index is 0.00000242.